The Morgan fingerprint density at radius 1 is 1.86 bits per heavy atom. The minimum absolute atomic E-state index is 0.508. The van der Waals surface area contributed by atoms with Crippen molar-refractivity contribution in [3.8, 4) is 0 Å². The monoisotopic (exact) mass is 100 g/mol. The molecular formula is C5H10NO. The first-order chi connectivity index (χ1) is 3.39. The van der Waals surface area contributed by atoms with E-state index in [0.717, 1.165) is 13.2 Å². The molecule has 1 saturated heterocycles. The van der Waals surface area contributed by atoms with Gasteiger partial charge in [0, 0.05) is 12.6 Å². The maximum atomic E-state index is 5.06. The van der Waals surface area contributed by atoms with Gasteiger partial charge < -0.3 is 10.1 Å². The molecular weight excluding hydrogens is 90.1 g/mol. The zero-order valence-electron chi connectivity index (χ0n) is 4.48. The summed E-state index contributed by atoms with van der Waals surface area (Å²) in [5.74, 6) is 0. The quantitative estimate of drug-likeness (QED) is 0.468. The minimum Gasteiger partial charge on any atom is -0.378 e. The molecule has 1 aliphatic rings. The van der Waals surface area contributed by atoms with E-state index in [1.54, 1.807) is 0 Å². The second kappa shape index (κ2) is 2.28. The molecule has 2 heteroatoms. The van der Waals surface area contributed by atoms with Crippen LogP contribution in [0, 0.1) is 6.54 Å². The van der Waals surface area contributed by atoms with Crippen molar-refractivity contribution in [1.29, 1.82) is 0 Å². The zero-order chi connectivity index (χ0) is 5.11. The summed E-state index contributed by atoms with van der Waals surface area (Å²) in [4.78, 5) is 0. The normalized spacial score (nSPS) is 33.0. The molecule has 1 rings (SSSR count). The first-order valence-electron chi connectivity index (χ1n) is 2.55. The number of ether oxygens (including phenoxy) is 1. The van der Waals surface area contributed by atoms with Crippen molar-refractivity contribution < 1.29 is 4.74 Å². The van der Waals surface area contributed by atoms with Crippen molar-refractivity contribution in [1.82, 2.24) is 5.32 Å². The highest BCUT2D eigenvalue weighted by atomic mass is 16.5. The summed E-state index contributed by atoms with van der Waals surface area (Å²) < 4.78 is 5.06. The van der Waals surface area contributed by atoms with Crippen LogP contribution in [0.3, 0.4) is 0 Å². The van der Waals surface area contributed by atoms with E-state index in [2.05, 4.69) is 12.2 Å². The number of hydrogen-bond acceptors (Lipinski definition) is 2. The second-order valence-corrected chi connectivity index (χ2v) is 1.81. The van der Waals surface area contributed by atoms with E-state index >= 15 is 0 Å². The summed E-state index contributed by atoms with van der Waals surface area (Å²) in [6.45, 7) is 5.63. The molecule has 0 aromatic carbocycles. The molecule has 1 unspecified atom stereocenters. The zero-order valence-corrected chi connectivity index (χ0v) is 4.48. The summed E-state index contributed by atoms with van der Waals surface area (Å²) >= 11 is 0. The van der Waals surface area contributed by atoms with Crippen LogP contribution in [0.15, 0.2) is 0 Å². The lowest BCUT2D eigenvalue weighted by molar-refractivity contribution is 0.102. The van der Waals surface area contributed by atoms with Gasteiger partial charge in [0.25, 0.3) is 0 Å². The summed E-state index contributed by atoms with van der Waals surface area (Å²) in [6.07, 6.45) is 0. The molecule has 41 valence electrons. The molecule has 0 amide bonds. The van der Waals surface area contributed by atoms with Crippen molar-refractivity contribution in [2.24, 2.45) is 0 Å². The maximum absolute atomic E-state index is 5.06. The largest absolute Gasteiger partial charge is 0.378 e. The van der Waals surface area contributed by atoms with Crippen LogP contribution in [0.4, 0.5) is 0 Å². The molecule has 1 fully saturated rings. The van der Waals surface area contributed by atoms with Gasteiger partial charge in [-0.1, -0.05) is 0 Å². The molecule has 1 N–H and O–H groups in total. The lowest BCUT2D eigenvalue weighted by Gasteiger charge is -2.18. The fourth-order valence-corrected chi connectivity index (χ4v) is 0.601. The predicted molar refractivity (Wildman–Crippen MR) is 27.7 cm³/mol. The Morgan fingerprint density at radius 2 is 2.71 bits per heavy atom. The van der Waals surface area contributed by atoms with Gasteiger partial charge in [0.05, 0.1) is 13.2 Å². The Morgan fingerprint density at radius 3 is 3.00 bits per heavy atom. The van der Waals surface area contributed by atoms with Crippen LogP contribution in [0.5, 0.6) is 0 Å². The highest BCUT2D eigenvalue weighted by Crippen LogP contribution is 1.91. The Bertz CT molecular complexity index is 50.0. The van der Waals surface area contributed by atoms with Crippen molar-refractivity contribution in [3.63, 3.8) is 0 Å². The third-order valence-corrected chi connectivity index (χ3v) is 0.971. The van der Waals surface area contributed by atoms with Gasteiger partial charge in [0.15, 0.2) is 0 Å². The van der Waals surface area contributed by atoms with Gasteiger partial charge in [-0.05, 0) is 6.92 Å². The molecule has 1 radical (unpaired) electrons. The van der Waals surface area contributed by atoms with Crippen LogP contribution < -0.4 is 5.32 Å². The van der Waals surface area contributed by atoms with Crippen molar-refractivity contribution in [3.05, 3.63) is 6.54 Å². The third kappa shape index (κ3) is 1.45. The Labute approximate surface area is 43.9 Å². The fourth-order valence-electron chi connectivity index (χ4n) is 0.601. The highest BCUT2D eigenvalue weighted by molar-refractivity contribution is 4.72. The van der Waals surface area contributed by atoms with E-state index in [9.17, 15) is 0 Å². The molecule has 0 bridgehead atoms. The van der Waals surface area contributed by atoms with E-state index < -0.39 is 0 Å². The number of morpholine rings is 1. The van der Waals surface area contributed by atoms with Gasteiger partial charge in [-0.15, -0.1) is 0 Å². The van der Waals surface area contributed by atoms with Gasteiger partial charge in [0.1, 0.15) is 0 Å². The molecule has 2 nitrogen and oxygen atoms in total. The van der Waals surface area contributed by atoms with Crippen LogP contribution in [0.1, 0.15) is 6.92 Å². The predicted octanol–water partition coefficient (Wildman–Crippen LogP) is 0.156. The molecule has 0 aromatic rings. The van der Waals surface area contributed by atoms with Crippen molar-refractivity contribution >= 4 is 0 Å². The summed E-state index contributed by atoms with van der Waals surface area (Å²) in [5, 5.41) is 3.13. The van der Waals surface area contributed by atoms with Gasteiger partial charge in [-0.25, -0.2) is 0 Å². The SMILES string of the molecule is CC1COC[CH]N1. The minimum atomic E-state index is 0.508. The number of nitrogens with one attached hydrogen (secondary N) is 1. The highest BCUT2D eigenvalue weighted by Gasteiger charge is 2.04. The Balaban J connectivity index is 2.12. The van der Waals surface area contributed by atoms with Crippen molar-refractivity contribution in [2.75, 3.05) is 13.2 Å². The van der Waals surface area contributed by atoms with Crippen molar-refractivity contribution in [2.45, 2.75) is 13.0 Å². The third-order valence-electron chi connectivity index (χ3n) is 0.971. The van der Waals surface area contributed by atoms with E-state index in [1.807, 2.05) is 6.54 Å². The van der Waals surface area contributed by atoms with Crippen LogP contribution in [0.2, 0.25) is 0 Å². The topological polar surface area (TPSA) is 21.3 Å². The molecule has 7 heavy (non-hydrogen) atoms. The summed E-state index contributed by atoms with van der Waals surface area (Å²) in [6, 6.07) is 0.508. The lowest BCUT2D eigenvalue weighted by atomic mass is 10.3. The first kappa shape index (κ1) is 5.06. The maximum Gasteiger partial charge on any atom is 0.0636 e. The second-order valence-electron chi connectivity index (χ2n) is 1.81. The smallest absolute Gasteiger partial charge is 0.0636 e. The lowest BCUT2D eigenvalue weighted by Crippen LogP contribution is -2.35. The molecule has 0 aliphatic carbocycles. The van der Waals surface area contributed by atoms with Gasteiger partial charge >= 0.3 is 0 Å². The molecule has 0 spiro atoms. The molecule has 1 heterocycles. The summed E-state index contributed by atoms with van der Waals surface area (Å²) in [7, 11) is 0. The Hall–Kier alpha value is -0.0800. The van der Waals surface area contributed by atoms with Crippen LogP contribution in [0.25, 0.3) is 0 Å². The van der Waals surface area contributed by atoms with E-state index in [0.29, 0.717) is 6.04 Å². The van der Waals surface area contributed by atoms with Crippen LogP contribution in [-0.4, -0.2) is 19.3 Å². The van der Waals surface area contributed by atoms with E-state index in [-0.39, 0.29) is 0 Å². The van der Waals surface area contributed by atoms with E-state index in [4.69, 9.17) is 4.74 Å². The average molecular weight is 100 g/mol. The van der Waals surface area contributed by atoms with Gasteiger partial charge in [-0.3, -0.25) is 0 Å². The first-order valence-corrected chi connectivity index (χ1v) is 2.55. The van der Waals surface area contributed by atoms with Gasteiger partial charge in [-0.2, -0.15) is 0 Å². The average Bonchev–Trinajstić information content (AvgIpc) is 1.69. The molecule has 1 aliphatic heterocycles. The Kier molecular flexibility index (Phi) is 1.65. The van der Waals surface area contributed by atoms with E-state index in [1.165, 1.54) is 0 Å². The molecule has 1 atom stereocenters. The van der Waals surface area contributed by atoms with Crippen LogP contribution >= 0.6 is 0 Å². The molecule has 0 aromatic heterocycles. The number of rotatable bonds is 0. The summed E-state index contributed by atoms with van der Waals surface area (Å²) in [5.41, 5.74) is 0. The fraction of sp³-hybridized carbons (Fsp3) is 0.800. The molecule has 0 saturated carbocycles. The van der Waals surface area contributed by atoms with Gasteiger partial charge in [0.2, 0.25) is 0 Å². The standard InChI is InChI=1S/C5H10NO/c1-5-4-7-3-2-6-5/h2,5-6H,3-4H2,1H3. The number of hydrogen-bond donors (Lipinski definition) is 1. The van der Waals surface area contributed by atoms with Crippen LogP contribution in [-0.2, 0) is 4.74 Å².